The lowest BCUT2D eigenvalue weighted by Gasteiger charge is -2.28. The molecule has 1 aliphatic carbocycles. The van der Waals surface area contributed by atoms with Crippen molar-refractivity contribution in [3.05, 3.63) is 16.1 Å². The second kappa shape index (κ2) is 6.50. The highest BCUT2D eigenvalue weighted by atomic mass is 35.5. The number of thiazole rings is 1. The number of nitrogens with zero attached hydrogens (tertiary/aromatic N) is 2. The maximum atomic E-state index is 12.4. The molecule has 0 saturated heterocycles. The van der Waals surface area contributed by atoms with Gasteiger partial charge in [0.2, 0.25) is 5.91 Å². The van der Waals surface area contributed by atoms with Crippen LogP contribution in [-0.4, -0.2) is 28.4 Å². The number of likely N-dealkylation sites (N-methyl/N-ethyl adjacent to an activating group) is 1. The van der Waals surface area contributed by atoms with Gasteiger partial charge in [0.15, 0.2) is 5.69 Å². The van der Waals surface area contributed by atoms with E-state index in [-0.39, 0.29) is 29.9 Å². The molecule has 4 nitrogen and oxygen atoms in total. The molecule has 120 valence electrons. The number of halogens is 4. The van der Waals surface area contributed by atoms with Gasteiger partial charge in [-0.25, -0.2) is 4.98 Å². The van der Waals surface area contributed by atoms with E-state index in [0.29, 0.717) is 12.8 Å². The lowest BCUT2D eigenvalue weighted by Crippen LogP contribution is -2.52. The average molecular weight is 344 g/mol. The topological polar surface area (TPSA) is 59.2 Å². The summed E-state index contributed by atoms with van der Waals surface area (Å²) in [4.78, 5) is 17.1. The second-order valence-corrected chi connectivity index (χ2v) is 6.09. The number of hydrogen-bond acceptors (Lipinski definition) is 4. The number of rotatable bonds is 3. The van der Waals surface area contributed by atoms with E-state index < -0.39 is 17.4 Å². The van der Waals surface area contributed by atoms with Crippen LogP contribution in [0.15, 0.2) is 5.38 Å². The molecule has 2 N–H and O–H groups in total. The van der Waals surface area contributed by atoms with E-state index in [1.54, 1.807) is 7.05 Å². The number of carbonyl (C=O) groups is 1. The van der Waals surface area contributed by atoms with Crippen LogP contribution in [0, 0.1) is 0 Å². The van der Waals surface area contributed by atoms with Gasteiger partial charge in [-0.15, -0.1) is 23.7 Å². The molecule has 0 spiro atoms. The zero-order valence-electron chi connectivity index (χ0n) is 11.4. The van der Waals surface area contributed by atoms with E-state index in [0.717, 1.165) is 29.6 Å². The van der Waals surface area contributed by atoms with Gasteiger partial charge >= 0.3 is 6.18 Å². The predicted molar refractivity (Wildman–Crippen MR) is 76.2 cm³/mol. The number of nitrogens with two attached hydrogens (primary N) is 1. The number of aromatic nitrogens is 1. The zero-order valence-corrected chi connectivity index (χ0v) is 13.1. The fraction of sp³-hybridized carbons (Fsp3) is 0.667. The van der Waals surface area contributed by atoms with Crippen molar-refractivity contribution in [2.24, 2.45) is 5.73 Å². The molecule has 2 rings (SSSR count). The molecule has 1 saturated carbocycles. The van der Waals surface area contributed by atoms with Gasteiger partial charge in [-0.3, -0.25) is 4.79 Å². The van der Waals surface area contributed by atoms with Crippen molar-refractivity contribution in [1.82, 2.24) is 9.88 Å². The van der Waals surface area contributed by atoms with Crippen molar-refractivity contribution in [3.8, 4) is 0 Å². The van der Waals surface area contributed by atoms with Crippen LogP contribution < -0.4 is 5.73 Å². The summed E-state index contributed by atoms with van der Waals surface area (Å²) in [6.45, 7) is 0.0541. The fourth-order valence-corrected chi connectivity index (χ4v) is 3.24. The number of amides is 1. The molecule has 0 bridgehead atoms. The van der Waals surface area contributed by atoms with Crippen LogP contribution in [0.3, 0.4) is 0 Å². The smallest absolute Gasteiger partial charge is 0.337 e. The molecule has 1 heterocycles. The number of alkyl halides is 3. The summed E-state index contributed by atoms with van der Waals surface area (Å²) in [6, 6.07) is 0. The van der Waals surface area contributed by atoms with E-state index in [1.165, 1.54) is 4.90 Å². The second-order valence-electron chi connectivity index (χ2n) is 5.15. The first-order valence-corrected chi connectivity index (χ1v) is 7.16. The Morgan fingerprint density at radius 1 is 1.48 bits per heavy atom. The molecule has 1 amide bonds. The lowest BCUT2D eigenvalue weighted by molar-refractivity contribution is -0.140. The van der Waals surface area contributed by atoms with Crippen molar-refractivity contribution in [2.75, 3.05) is 7.05 Å². The SMILES string of the molecule is CN(Cc1nc(C(F)(F)F)cs1)C(=O)C1(N)CCCC1.Cl. The van der Waals surface area contributed by atoms with Crippen LogP contribution in [-0.2, 0) is 17.5 Å². The van der Waals surface area contributed by atoms with Crippen molar-refractivity contribution >= 4 is 29.7 Å². The van der Waals surface area contributed by atoms with Gasteiger partial charge in [-0.2, -0.15) is 13.2 Å². The predicted octanol–water partition coefficient (Wildman–Crippen LogP) is 2.81. The molecular formula is C12H17ClF3N3OS. The highest BCUT2D eigenvalue weighted by Crippen LogP contribution is 2.31. The molecule has 0 unspecified atom stereocenters. The Labute approximate surface area is 130 Å². The summed E-state index contributed by atoms with van der Waals surface area (Å²) in [6.07, 6.45) is -1.38. The van der Waals surface area contributed by atoms with Crippen molar-refractivity contribution in [2.45, 2.75) is 43.9 Å². The van der Waals surface area contributed by atoms with Gasteiger partial charge in [-0.1, -0.05) is 12.8 Å². The normalized spacial score (nSPS) is 17.4. The zero-order chi connectivity index (χ0) is 15.0. The number of hydrogen-bond donors (Lipinski definition) is 1. The third-order valence-electron chi connectivity index (χ3n) is 3.48. The summed E-state index contributed by atoms with van der Waals surface area (Å²) in [5.41, 5.74) is 4.27. The third kappa shape index (κ3) is 4.08. The maximum absolute atomic E-state index is 12.4. The molecule has 0 radical (unpaired) electrons. The van der Waals surface area contributed by atoms with Gasteiger partial charge in [0, 0.05) is 12.4 Å². The summed E-state index contributed by atoms with van der Waals surface area (Å²) in [5, 5.41) is 1.22. The average Bonchev–Trinajstić information content (AvgIpc) is 2.97. The van der Waals surface area contributed by atoms with E-state index in [4.69, 9.17) is 5.73 Å². The van der Waals surface area contributed by atoms with E-state index in [1.807, 2.05) is 0 Å². The standard InChI is InChI=1S/C12H16F3N3OS.ClH/c1-18(10(19)11(16)4-2-3-5-11)6-9-17-8(7-20-9)12(13,14)15;/h7H,2-6,16H2,1H3;1H. The van der Waals surface area contributed by atoms with Crippen LogP contribution in [0.4, 0.5) is 13.2 Å². The van der Waals surface area contributed by atoms with Gasteiger partial charge in [0.1, 0.15) is 5.01 Å². The molecule has 1 aliphatic rings. The van der Waals surface area contributed by atoms with E-state index in [2.05, 4.69) is 4.98 Å². The lowest BCUT2D eigenvalue weighted by atomic mass is 9.97. The minimum atomic E-state index is -4.45. The first-order valence-electron chi connectivity index (χ1n) is 6.28. The molecule has 21 heavy (non-hydrogen) atoms. The Bertz CT molecular complexity index is 500. The van der Waals surface area contributed by atoms with E-state index >= 15 is 0 Å². The molecular weight excluding hydrogens is 327 g/mol. The van der Waals surface area contributed by atoms with Crippen LogP contribution in [0.25, 0.3) is 0 Å². The first-order chi connectivity index (χ1) is 9.22. The third-order valence-corrected chi connectivity index (χ3v) is 4.32. The Morgan fingerprint density at radius 3 is 2.52 bits per heavy atom. The summed E-state index contributed by atoms with van der Waals surface area (Å²) >= 11 is 0.898. The van der Waals surface area contributed by atoms with E-state index in [9.17, 15) is 18.0 Å². The fourth-order valence-electron chi connectivity index (χ4n) is 2.39. The molecule has 1 aromatic rings. The van der Waals surface area contributed by atoms with Gasteiger partial charge in [-0.05, 0) is 12.8 Å². The van der Waals surface area contributed by atoms with Gasteiger partial charge < -0.3 is 10.6 Å². The number of carbonyl (C=O) groups excluding carboxylic acids is 1. The van der Waals surface area contributed by atoms with Gasteiger partial charge in [0.25, 0.3) is 0 Å². The quantitative estimate of drug-likeness (QED) is 0.918. The van der Waals surface area contributed by atoms with Crippen molar-refractivity contribution < 1.29 is 18.0 Å². The molecule has 9 heteroatoms. The monoisotopic (exact) mass is 343 g/mol. The highest BCUT2D eigenvalue weighted by molar-refractivity contribution is 7.09. The Balaban J connectivity index is 0.00000220. The Kier molecular flexibility index (Phi) is 5.63. The highest BCUT2D eigenvalue weighted by Gasteiger charge is 2.39. The molecule has 0 aromatic carbocycles. The summed E-state index contributed by atoms with van der Waals surface area (Å²) in [7, 11) is 1.55. The van der Waals surface area contributed by atoms with Crippen molar-refractivity contribution in [3.63, 3.8) is 0 Å². The minimum Gasteiger partial charge on any atom is -0.337 e. The van der Waals surface area contributed by atoms with Crippen LogP contribution in [0.2, 0.25) is 0 Å². The Hall–Kier alpha value is -0.860. The van der Waals surface area contributed by atoms with Gasteiger partial charge in [0.05, 0.1) is 12.1 Å². The largest absolute Gasteiger partial charge is 0.434 e. The molecule has 1 aromatic heterocycles. The van der Waals surface area contributed by atoms with Crippen LogP contribution in [0.5, 0.6) is 0 Å². The molecule has 0 atom stereocenters. The summed E-state index contributed by atoms with van der Waals surface area (Å²) < 4.78 is 37.3. The molecule has 0 aliphatic heterocycles. The Morgan fingerprint density at radius 2 is 2.05 bits per heavy atom. The molecule has 1 fully saturated rings. The maximum Gasteiger partial charge on any atom is 0.434 e. The summed E-state index contributed by atoms with van der Waals surface area (Å²) in [5.74, 6) is -0.223. The van der Waals surface area contributed by atoms with Crippen LogP contribution in [0.1, 0.15) is 36.4 Å². The first kappa shape index (κ1) is 18.2. The minimum absolute atomic E-state index is 0. The van der Waals surface area contributed by atoms with Crippen molar-refractivity contribution in [1.29, 1.82) is 0 Å². The van der Waals surface area contributed by atoms with Crippen LogP contribution >= 0.6 is 23.7 Å².